The zero-order valence-corrected chi connectivity index (χ0v) is 9.96. The minimum absolute atomic E-state index is 0.0652. The van der Waals surface area contributed by atoms with Gasteiger partial charge in [0.05, 0.1) is 19.0 Å². The molecule has 0 spiro atoms. The van der Waals surface area contributed by atoms with Crippen molar-refractivity contribution in [3.8, 4) is 0 Å². The van der Waals surface area contributed by atoms with Gasteiger partial charge in [-0.1, -0.05) is 24.3 Å². The Hall–Kier alpha value is -0.910. The fourth-order valence-electron chi connectivity index (χ4n) is 1.78. The summed E-state index contributed by atoms with van der Waals surface area (Å²) in [6, 6.07) is 8.07. The van der Waals surface area contributed by atoms with Crippen LogP contribution in [-0.2, 0) is 27.8 Å². The summed E-state index contributed by atoms with van der Waals surface area (Å²) in [7, 11) is -3.13. The van der Waals surface area contributed by atoms with E-state index in [1.54, 1.807) is 0 Å². The van der Waals surface area contributed by atoms with Crippen molar-refractivity contribution in [2.24, 2.45) is 0 Å². The lowest BCUT2D eigenvalue weighted by molar-refractivity contribution is 0.0322. The lowest BCUT2D eigenvalue weighted by Gasteiger charge is -2.25. The molecule has 88 valence electrons. The fraction of sp³-hybridized carbons (Fsp3) is 0.455. The first kappa shape index (κ1) is 11.6. The van der Waals surface area contributed by atoms with Crippen molar-refractivity contribution in [2.75, 3.05) is 12.8 Å². The standard InChI is InChI=1S/C11H15NO3S/c1-16(13,14)12-7-11-6-9-4-2-3-5-10(9)8-15-11/h2-5,11-12H,6-8H2,1H3. The summed E-state index contributed by atoms with van der Waals surface area (Å²) in [6.07, 6.45) is 1.85. The summed E-state index contributed by atoms with van der Waals surface area (Å²) < 4.78 is 29.9. The largest absolute Gasteiger partial charge is 0.372 e. The maximum Gasteiger partial charge on any atom is 0.208 e. The van der Waals surface area contributed by atoms with Crippen LogP contribution in [0.1, 0.15) is 11.1 Å². The minimum Gasteiger partial charge on any atom is -0.372 e. The van der Waals surface area contributed by atoms with Gasteiger partial charge < -0.3 is 4.74 Å². The first-order chi connectivity index (χ1) is 7.54. The van der Waals surface area contributed by atoms with Gasteiger partial charge in [0, 0.05) is 13.0 Å². The van der Waals surface area contributed by atoms with Crippen molar-refractivity contribution < 1.29 is 13.2 Å². The molecule has 0 saturated heterocycles. The van der Waals surface area contributed by atoms with Crippen LogP contribution in [0.25, 0.3) is 0 Å². The summed E-state index contributed by atoms with van der Waals surface area (Å²) in [5, 5.41) is 0. The van der Waals surface area contributed by atoms with E-state index in [0.29, 0.717) is 13.2 Å². The van der Waals surface area contributed by atoms with Gasteiger partial charge in [-0.25, -0.2) is 13.1 Å². The number of hydrogen-bond acceptors (Lipinski definition) is 3. The summed E-state index contributed by atoms with van der Waals surface area (Å²) in [5.74, 6) is 0. The molecular formula is C11H15NO3S. The van der Waals surface area contributed by atoms with Crippen LogP contribution < -0.4 is 4.72 Å². The molecule has 0 aromatic heterocycles. The van der Waals surface area contributed by atoms with Crippen molar-refractivity contribution in [1.82, 2.24) is 4.72 Å². The van der Waals surface area contributed by atoms with Crippen molar-refractivity contribution in [3.63, 3.8) is 0 Å². The predicted molar refractivity (Wildman–Crippen MR) is 61.6 cm³/mol. The average molecular weight is 241 g/mol. The van der Waals surface area contributed by atoms with E-state index in [9.17, 15) is 8.42 Å². The van der Waals surface area contributed by atoms with E-state index in [4.69, 9.17) is 4.74 Å². The Morgan fingerprint density at radius 3 is 2.75 bits per heavy atom. The van der Waals surface area contributed by atoms with Gasteiger partial charge in [0.15, 0.2) is 0 Å². The number of benzene rings is 1. The molecule has 5 heteroatoms. The SMILES string of the molecule is CS(=O)(=O)NCC1Cc2ccccc2CO1. The van der Waals surface area contributed by atoms with Crippen molar-refractivity contribution in [3.05, 3.63) is 35.4 Å². The number of ether oxygens (including phenoxy) is 1. The van der Waals surface area contributed by atoms with Crippen LogP contribution in [0.15, 0.2) is 24.3 Å². The summed E-state index contributed by atoms with van der Waals surface area (Å²) in [6.45, 7) is 0.902. The Kier molecular flexibility index (Phi) is 3.28. The molecule has 1 aliphatic heterocycles. The zero-order chi connectivity index (χ0) is 11.6. The lowest BCUT2D eigenvalue weighted by Crippen LogP contribution is -2.36. The van der Waals surface area contributed by atoms with Crippen LogP contribution in [0, 0.1) is 0 Å². The Labute approximate surface area is 95.7 Å². The Bertz CT molecular complexity index is 470. The molecule has 1 N–H and O–H groups in total. The van der Waals surface area contributed by atoms with Gasteiger partial charge in [0.2, 0.25) is 10.0 Å². The van der Waals surface area contributed by atoms with E-state index >= 15 is 0 Å². The number of sulfonamides is 1. The molecule has 1 heterocycles. The van der Waals surface area contributed by atoms with Gasteiger partial charge in [-0.15, -0.1) is 0 Å². The Morgan fingerprint density at radius 1 is 1.38 bits per heavy atom. The molecule has 4 nitrogen and oxygen atoms in total. The monoisotopic (exact) mass is 241 g/mol. The summed E-state index contributed by atoms with van der Waals surface area (Å²) in [5.41, 5.74) is 2.44. The number of fused-ring (bicyclic) bond motifs is 1. The fourth-order valence-corrected chi connectivity index (χ4v) is 2.27. The molecular weight excluding hydrogens is 226 g/mol. The number of nitrogens with one attached hydrogen (secondary N) is 1. The van der Waals surface area contributed by atoms with E-state index in [0.717, 1.165) is 12.7 Å². The Balaban J connectivity index is 1.98. The normalized spacial score (nSPS) is 20.4. The molecule has 2 rings (SSSR count). The molecule has 1 aromatic rings. The van der Waals surface area contributed by atoms with Crippen molar-refractivity contribution in [1.29, 1.82) is 0 Å². The van der Waals surface area contributed by atoms with E-state index in [2.05, 4.69) is 10.8 Å². The van der Waals surface area contributed by atoms with Crippen molar-refractivity contribution >= 4 is 10.0 Å². The van der Waals surface area contributed by atoms with Crippen LogP contribution in [0.5, 0.6) is 0 Å². The van der Waals surface area contributed by atoms with Gasteiger partial charge in [0.25, 0.3) is 0 Å². The van der Waals surface area contributed by atoms with E-state index in [1.807, 2.05) is 18.2 Å². The van der Waals surface area contributed by atoms with E-state index in [1.165, 1.54) is 11.1 Å². The van der Waals surface area contributed by atoms with Gasteiger partial charge in [-0.2, -0.15) is 0 Å². The molecule has 0 fully saturated rings. The molecule has 0 saturated carbocycles. The number of hydrogen-bond donors (Lipinski definition) is 1. The third kappa shape index (κ3) is 3.04. The first-order valence-electron chi connectivity index (χ1n) is 5.17. The molecule has 0 aliphatic carbocycles. The highest BCUT2D eigenvalue weighted by molar-refractivity contribution is 7.88. The molecule has 1 aromatic carbocycles. The molecule has 0 amide bonds. The molecule has 1 aliphatic rings. The highest BCUT2D eigenvalue weighted by Crippen LogP contribution is 2.19. The quantitative estimate of drug-likeness (QED) is 0.846. The molecule has 1 unspecified atom stereocenters. The van der Waals surface area contributed by atoms with Gasteiger partial charge in [0.1, 0.15) is 0 Å². The highest BCUT2D eigenvalue weighted by Gasteiger charge is 2.19. The van der Waals surface area contributed by atoms with Gasteiger partial charge in [-0.3, -0.25) is 0 Å². The van der Waals surface area contributed by atoms with Gasteiger partial charge in [-0.05, 0) is 11.1 Å². The first-order valence-corrected chi connectivity index (χ1v) is 7.07. The Morgan fingerprint density at radius 2 is 2.06 bits per heavy atom. The van der Waals surface area contributed by atoms with E-state index < -0.39 is 10.0 Å². The maximum atomic E-state index is 11.0. The van der Waals surface area contributed by atoms with Crippen LogP contribution in [-0.4, -0.2) is 27.3 Å². The van der Waals surface area contributed by atoms with Crippen LogP contribution in [0.2, 0.25) is 0 Å². The van der Waals surface area contributed by atoms with E-state index in [-0.39, 0.29) is 6.10 Å². The third-order valence-corrected chi connectivity index (χ3v) is 3.30. The summed E-state index contributed by atoms with van der Waals surface area (Å²) >= 11 is 0. The second-order valence-electron chi connectivity index (χ2n) is 4.03. The number of rotatable bonds is 3. The smallest absolute Gasteiger partial charge is 0.208 e. The minimum atomic E-state index is -3.13. The second-order valence-corrected chi connectivity index (χ2v) is 5.86. The third-order valence-electron chi connectivity index (χ3n) is 2.61. The molecule has 1 atom stereocenters. The lowest BCUT2D eigenvalue weighted by atomic mass is 9.99. The highest BCUT2D eigenvalue weighted by atomic mass is 32.2. The topological polar surface area (TPSA) is 55.4 Å². The molecule has 0 radical (unpaired) electrons. The van der Waals surface area contributed by atoms with Crippen LogP contribution >= 0.6 is 0 Å². The maximum absolute atomic E-state index is 11.0. The average Bonchev–Trinajstić information content (AvgIpc) is 2.25. The molecule has 0 bridgehead atoms. The van der Waals surface area contributed by atoms with Crippen LogP contribution in [0.3, 0.4) is 0 Å². The summed E-state index contributed by atoms with van der Waals surface area (Å²) in [4.78, 5) is 0. The zero-order valence-electron chi connectivity index (χ0n) is 9.14. The van der Waals surface area contributed by atoms with Gasteiger partial charge >= 0.3 is 0 Å². The second kappa shape index (κ2) is 4.53. The predicted octanol–water partition coefficient (Wildman–Crippen LogP) is 0.677. The molecule has 16 heavy (non-hydrogen) atoms. The van der Waals surface area contributed by atoms with Crippen molar-refractivity contribution in [2.45, 2.75) is 19.1 Å². The van der Waals surface area contributed by atoms with Crippen LogP contribution in [0.4, 0.5) is 0 Å².